The topological polar surface area (TPSA) is 65.0 Å². The van der Waals surface area contributed by atoms with Gasteiger partial charge < -0.3 is 8.83 Å². The minimum Gasteiger partial charge on any atom is -0.456 e. The Hall–Kier alpha value is -7.41. The van der Waals surface area contributed by atoms with E-state index in [0.717, 1.165) is 66.1 Å². The second-order valence-corrected chi connectivity index (χ2v) is 15.4. The van der Waals surface area contributed by atoms with Crippen LogP contribution in [0.1, 0.15) is 0 Å². The third kappa shape index (κ3) is 5.26. The van der Waals surface area contributed by atoms with Crippen molar-refractivity contribution in [2.45, 2.75) is 0 Å². The van der Waals surface area contributed by atoms with Crippen molar-refractivity contribution in [1.29, 1.82) is 0 Å². The van der Waals surface area contributed by atoms with Gasteiger partial charge in [-0.05, 0) is 70.8 Å². The summed E-state index contributed by atoms with van der Waals surface area (Å²) < 4.78 is 14.9. The number of nitrogens with zero attached hydrogens (tertiary/aromatic N) is 3. The molecule has 266 valence electrons. The first-order chi connectivity index (χ1) is 28.2. The van der Waals surface area contributed by atoms with E-state index in [-0.39, 0.29) is 0 Å². The summed E-state index contributed by atoms with van der Waals surface area (Å²) in [5.41, 5.74) is 10.9. The second-order valence-electron chi connectivity index (χ2n) is 14.4. The Morgan fingerprint density at radius 2 is 0.702 bits per heavy atom. The molecule has 0 bridgehead atoms. The summed E-state index contributed by atoms with van der Waals surface area (Å²) in [5, 5.41) is 6.87. The molecule has 0 spiro atoms. The molecule has 0 saturated carbocycles. The van der Waals surface area contributed by atoms with Crippen LogP contribution in [0.15, 0.2) is 185 Å². The maximum Gasteiger partial charge on any atom is 0.164 e. The third-order valence-corrected chi connectivity index (χ3v) is 12.1. The Morgan fingerprint density at radius 3 is 1.30 bits per heavy atom. The van der Waals surface area contributed by atoms with Crippen molar-refractivity contribution >= 4 is 75.4 Å². The smallest absolute Gasteiger partial charge is 0.164 e. The number of aromatic nitrogens is 3. The van der Waals surface area contributed by atoms with Gasteiger partial charge in [0.2, 0.25) is 0 Å². The Bertz CT molecular complexity index is 3540. The molecule has 0 aliphatic rings. The summed E-state index contributed by atoms with van der Waals surface area (Å²) in [7, 11) is 0. The number of para-hydroxylation sites is 2. The lowest BCUT2D eigenvalue weighted by Gasteiger charge is -2.10. The van der Waals surface area contributed by atoms with Crippen LogP contribution in [-0.4, -0.2) is 15.0 Å². The van der Waals surface area contributed by atoms with Crippen molar-refractivity contribution in [2.75, 3.05) is 0 Å². The molecule has 0 aliphatic carbocycles. The SMILES string of the molecule is c1ccc(-c2nc(-c3ccc4c(c3)oc3ccccc34)nc(-c3ccc4c(c3)sc3cc(-c5ccccc5-c5ccc6c(c5)oc5ccccc56)ccc34)n2)cc1. The molecule has 8 aromatic carbocycles. The molecule has 4 heterocycles. The summed E-state index contributed by atoms with van der Waals surface area (Å²) >= 11 is 1.79. The molecule has 0 unspecified atom stereocenters. The average Bonchev–Trinajstić information content (AvgIpc) is 3.96. The fraction of sp³-hybridized carbons (Fsp3) is 0. The summed E-state index contributed by atoms with van der Waals surface area (Å²) in [6.07, 6.45) is 0. The number of benzene rings is 8. The van der Waals surface area contributed by atoms with Gasteiger partial charge >= 0.3 is 0 Å². The van der Waals surface area contributed by atoms with Crippen molar-refractivity contribution in [3.05, 3.63) is 176 Å². The van der Waals surface area contributed by atoms with Gasteiger partial charge in [-0.2, -0.15) is 0 Å². The molecule has 57 heavy (non-hydrogen) atoms. The Balaban J connectivity index is 0.948. The first-order valence-electron chi connectivity index (χ1n) is 18.9. The molecule has 0 aliphatic heterocycles. The number of hydrogen-bond acceptors (Lipinski definition) is 6. The summed E-state index contributed by atoms with van der Waals surface area (Å²) in [4.78, 5) is 15.1. The van der Waals surface area contributed by atoms with Crippen molar-refractivity contribution < 1.29 is 8.83 Å². The second kappa shape index (κ2) is 12.6. The number of rotatable bonds is 5. The maximum absolute atomic E-state index is 6.26. The molecule has 0 fully saturated rings. The van der Waals surface area contributed by atoms with E-state index >= 15 is 0 Å². The first-order valence-corrected chi connectivity index (χ1v) is 19.7. The molecule has 0 radical (unpaired) electrons. The van der Waals surface area contributed by atoms with Crippen LogP contribution in [-0.2, 0) is 0 Å². The van der Waals surface area contributed by atoms with E-state index in [2.05, 4.69) is 109 Å². The molecule has 0 amide bonds. The predicted octanol–water partition coefficient (Wildman–Crippen LogP) is 14.4. The van der Waals surface area contributed by atoms with E-state index in [9.17, 15) is 0 Å². The fourth-order valence-corrected chi connectivity index (χ4v) is 9.36. The molecule has 12 rings (SSSR count). The van der Waals surface area contributed by atoms with Crippen LogP contribution in [0.4, 0.5) is 0 Å². The van der Waals surface area contributed by atoms with E-state index in [1.165, 1.54) is 36.9 Å². The lowest BCUT2D eigenvalue weighted by molar-refractivity contribution is 0.668. The average molecular weight is 748 g/mol. The van der Waals surface area contributed by atoms with Crippen LogP contribution in [0, 0.1) is 0 Å². The van der Waals surface area contributed by atoms with E-state index < -0.39 is 0 Å². The predicted molar refractivity (Wildman–Crippen MR) is 234 cm³/mol. The van der Waals surface area contributed by atoms with E-state index in [1.54, 1.807) is 11.3 Å². The molecule has 0 N–H and O–H groups in total. The number of hydrogen-bond donors (Lipinski definition) is 0. The molecular formula is C51H29N3O2S. The molecule has 0 saturated heterocycles. The van der Waals surface area contributed by atoms with Gasteiger partial charge in [-0.15, -0.1) is 11.3 Å². The van der Waals surface area contributed by atoms with Gasteiger partial charge in [0.15, 0.2) is 17.5 Å². The van der Waals surface area contributed by atoms with E-state index in [0.29, 0.717) is 17.5 Å². The normalized spacial score (nSPS) is 11.9. The van der Waals surface area contributed by atoms with Gasteiger partial charge in [-0.25, -0.2) is 15.0 Å². The van der Waals surface area contributed by atoms with Gasteiger partial charge in [0.1, 0.15) is 22.3 Å². The lowest BCUT2D eigenvalue weighted by atomic mass is 9.93. The van der Waals surface area contributed by atoms with Crippen molar-refractivity contribution in [3.63, 3.8) is 0 Å². The molecule has 5 nitrogen and oxygen atoms in total. The third-order valence-electron chi connectivity index (χ3n) is 11.0. The van der Waals surface area contributed by atoms with Crippen molar-refractivity contribution in [1.82, 2.24) is 15.0 Å². The molecule has 4 aromatic heterocycles. The van der Waals surface area contributed by atoms with Crippen molar-refractivity contribution in [2.24, 2.45) is 0 Å². The van der Waals surface area contributed by atoms with Crippen LogP contribution in [0.5, 0.6) is 0 Å². The monoisotopic (exact) mass is 747 g/mol. The Labute approximate surface area is 330 Å². The first kappa shape index (κ1) is 31.9. The largest absolute Gasteiger partial charge is 0.456 e. The fourth-order valence-electron chi connectivity index (χ4n) is 8.18. The maximum atomic E-state index is 6.26. The molecule has 12 aromatic rings. The van der Waals surface area contributed by atoms with Gasteiger partial charge in [0.05, 0.1) is 0 Å². The van der Waals surface area contributed by atoms with Gasteiger partial charge in [0.25, 0.3) is 0 Å². The quantitative estimate of drug-likeness (QED) is 0.175. The molecule has 0 atom stereocenters. The minimum absolute atomic E-state index is 0.598. The van der Waals surface area contributed by atoms with E-state index in [4.69, 9.17) is 23.8 Å². The minimum atomic E-state index is 0.598. The van der Waals surface area contributed by atoms with Crippen LogP contribution >= 0.6 is 11.3 Å². The van der Waals surface area contributed by atoms with Crippen molar-refractivity contribution in [3.8, 4) is 56.4 Å². The van der Waals surface area contributed by atoms with Crippen LogP contribution in [0.2, 0.25) is 0 Å². The van der Waals surface area contributed by atoms with E-state index in [1.807, 2.05) is 66.7 Å². The molecular weight excluding hydrogens is 719 g/mol. The van der Waals surface area contributed by atoms with Gasteiger partial charge in [-0.1, -0.05) is 127 Å². The summed E-state index contributed by atoms with van der Waals surface area (Å²) in [5.74, 6) is 1.85. The highest BCUT2D eigenvalue weighted by Crippen LogP contribution is 2.41. The van der Waals surface area contributed by atoms with Gasteiger partial charge in [-0.3, -0.25) is 0 Å². The number of fused-ring (bicyclic) bond motifs is 9. The molecule has 6 heteroatoms. The zero-order valence-corrected chi connectivity index (χ0v) is 31.1. The van der Waals surface area contributed by atoms with Crippen LogP contribution < -0.4 is 0 Å². The Morgan fingerprint density at radius 1 is 0.298 bits per heavy atom. The summed E-state index contributed by atoms with van der Waals surface area (Å²) in [6, 6.07) is 61.1. The standard InChI is InChI=1S/C51H29N3O2S/c1-2-10-30(11-3-1)49-52-50(33-20-23-40-38-15-7-9-17-44(38)56-46(40)27-33)54-51(53-49)34-21-25-42-41-24-19-32(28-47(41)57-48(42)29-34)36-13-5-4-12-35(36)31-18-22-39-37-14-6-8-16-43(37)55-45(39)26-31/h1-29H. The highest BCUT2D eigenvalue weighted by Gasteiger charge is 2.17. The van der Waals surface area contributed by atoms with Crippen LogP contribution in [0.3, 0.4) is 0 Å². The highest BCUT2D eigenvalue weighted by atomic mass is 32.1. The lowest BCUT2D eigenvalue weighted by Crippen LogP contribution is -2.00. The number of thiophene rings is 1. The highest BCUT2D eigenvalue weighted by molar-refractivity contribution is 7.25. The van der Waals surface area contributed by atoms with Crippen LogP contribution in [0.25, 0.3) is 120 Å². The summed E-state index contributed by atoms with van der Waals surface area (Å²) in [6.45, 7) is 0. The number of furan rings is 2. The van der Waals surface area contributed by atoms with Gasteiger partial charge in [0, 0.05) is 58.4 Å². The Kier molecular flexibility index (Phi) is 7.03. The zero-order chi connectivity index (χ0) is 37.5. The zero-order valence-electron chi connectivity index (χ0n) is 30.3.